The lowest BCUT2D eigenvalue weighted by molar-refractivity contribution is 0.0945. The van der Waals surface area contributed by atoms with Gasteiger partial charge in [0.1, 0.15) is 11.4 Å². The summed E-state index contributed by atoms with van der Waals surface area (Å²) in [6, 6.07) is 20.2. The molecular weight excluding hydrogens is 350 g/mol. The number of hydrogen-bond donors (Lipinski definition) is 1. The van der Waals surface area contributed by atoms with Crippen LogP contribution < -0.4 is 15.0 Å². The van der Waals surface area contributed by atoms with E-state index in [-0.39, 0.29) is 5.91 Å². The van der Waals surface area contributed by atoms with Crippen molar-refractivity contribution < 1.29 is 9.53 Å². The van der Waals surface area contributed by atoms with Crippen molar-refractivity contribution in [3.63, 3.8) is 0 Å². The van der Waals surface area contributed by atoms with Gasteiger partial charge in [0.15, 0.2) is 0 Å². The fraction of sp³-hybridized carbons (Fsp3) is 0.217. The monoisotopic (exact) mass is 373 g/mol. The van der Waals surface area contributed by atoms with Gasteiger partial charge in [-0.05, 0) is 43.2 Å². The number of methoxy groups -OCH3 is 1. The Hall–Kier alpha value is -3.34. The molecule has 0 radical (unpaired) electrons. The van der Waals surface area contributed by atoms with Crippen molar-refractivity contribution in [3.8, 4) is 5.75 Å². The number of anilines is 2. The molecule has 0 aliphatic carbocycles. The first-order chi connectivity index (χ1) is 13.7. The number of para-hydroxylation sites is 2. The number of ether oxygens (including phenoxy) is 1. The molecule has 1 aromatic heterocycles. The van der Waals surface area contributed by atoms with Crippen LogP contribution in [0.15, 0.2) is 66.9 Å². The third-order valence-corrected chi connectivity index (χ3v) is 5.09. The number of rotatable bonds is 5. The third-order valence-electron chi connectivity index (χ3n) is 5.09. The summed E-state index contributed by atoms with van der Waals surface area (Å²) >= 11 is 0. The average Bonchev–Trinajstić information content (AvgIpc) is 3.08. The van der Waals surface area contributed by atoms with Crippen LogP contribution in [-0.4, -0.2) is 24.0 Å². The number of carbonyl (C=O) groups excluding carboxylic acids is 1. The fourth-order valence-corrected chi connectivity index (χ4v) is 3.77. The van der Waals surface area contributed by atoms with Crippen LogP contribution in [0.25, 0.3) is 0 Å². The number of hydrogen-bond acceptors (Lipinski definition) is 4. The summed E-state index contributed by atoms with van der Waals surface area (Å²) in [4.78, 5) is 19.2. The molecule has 0 saturated carbocycles. The number of aromatic nitrogens is 1. The topological polar surface area (TPSA) is 54.5 Å². The predicted molar refractivity (Wildman–Crippen MR) is 110 cm³/mol. The Balaban J connectivity index is 1.53. The first kappa shape index (κ1) is 18.0. The largest absolute Gasteiger partial charge is 0.496 e. The van der Waals surface area contributed by atoms with Crippen molar-refractivity contribution in [2.45, 2.75) is 25.9 Å². The Bertz CT molecular complexity index is 1000. The molecule has 142 valence electrons. The van der Waals surface area contributed by atoms with Gasteiger partial charge in [0.25, 0.3) is 5.91 Å². The Labute approximate surface area is 165 Å². The number of amides is 1. The van der Waals surface area contributed by atoms with E-state index in [9.17, 15) is 4.79 Å². The van der Waals surface area contributed by atoms with E-state index in [1.807, 2.05) is 42.5 Å². The highest BCUT2D eigenvalue weighted by atomic mass is 16.5. The van der Waals surface area contributed by atoms with Crippen LogP contribution in [0.1, 0.15) is 28.5 Å². The zero-order valence-corrected chi connectivity index (χ0v) is 16.1. The molecule has 1 amide bonds. The summed E-state index contributed by atoms with van der Waals surface area (Å²) < 4.78 is 5.34. The normalized spacial score (nSPS) is 15.2. The maximum atomic E-state index is 12.7. The minimum absolute atomic E-state index is 0.201. The molecule has 5 nitrogen and oxygen atoms in total. The second-order valence-corrected chi connectivity index (χ2v) is 6.95. The molecule has 3 aromatic rings. The fourth-order valence-electron chi connectivity index (χ4n) is 3.77. The molecule has 1 aliphatic rings. The second-order valence-electron chi connectivity index (χ2n) is 6.95. The Kier molecular flexibility index (Phi) is 4.98. The van der Waals surface area contributed by atoms with E-state index in [1.54, 1.807) is 13.3 Å². The predicted octanol–water partition coefficient (Wildman–Crippen LogP) is 4.10. The Morgan fingerprint density at radius 2 is 1.96 bits per heavy atom. The molecule has 0 fully saturated rings. The van der Waals surface area contributed by atoms with Gasteiger partial charge in [0, 0.05) is 35.7 Å². The van der Waals surface area contributed by atoms with Gasteiger partial charge in [-0.1, -0.05) is 36.4 Å². The first-order valence-electron chi connectivity index (χ1n) is 9.40. The van der Waals surface area contributed by atoms with Crippen molar-refractivity contribution in [3.05, 3.63) is 83.7 Å². The van der Waals surface area contributed by atoms with E-state index < -0.39 is 0 Å². The van der Waals surface area contributed by atoms with Crippen LogP contribution in [0.4, 0.5) is 11.4 Å². The Morgan fingerprint density at radius 1 is 1.18 bits per heavy atom. The molecule has 1 N–H and O–H groups in total. The molecular formula is C23H23N3O2. The average molecular weight is 373 g/mol. The highest BCUT2D eigenvalue weighted by Crippen LogP contribution is 2.37. The summed E-state index contributed by atoms with van der Waals surface area (Å²) in [6.45, 7) is 2.58. The molecule has 5 heteroatoms. The number of fused-ring (bicyclic) bond motifs is 1. The maximum absolute atomic E-state index is 12.7. The molecule has 4 rings (SSSR count). The molecule has 1 aliphatic heterocycles. The second kappa shape index (κ2) is 7.72. The lowest BCUT2D eigenvalue weighted by Gasteiger charge is -2.25. The van der Waals surface area contributed by atoms with Crippen LogP contribution in [0, 0.1) is 0 Å². The van der Waals surface area contributed by atoms with Gasteiger partial charge in [-0.15, -0.1) is 0 Å². The first-order valence-corrected chi connectivity index (χ1v) is 9.40. The van der Waals surface area contributed by atoms with Crippen LogP contribution >= 0.6 is 0 Å². The molecule has 0 bridgehead atoms. The lowest BCUT2D eigenvalue weighted by Crippen LogP contribution is -2.26. The molecule has 2 heterocycles. The molecule has 0 spiro atoms. The number of benzene rings is 2. The zero-order chi connectivity index (χ0) is 19.5. The van der Waals surface area contributed by atoms with Crippen LogP contribution in [0.3, 0.4) is 0 Å². The van der Waals surface area contributed by atoms with E-state index >= 15 is 0 Å². The summed E-state index contributed by atoms with van der Waals surface area (Å²) in [5, 5.41) is 2.94. The van der Waals surface area contributed by atoms with Crippen LogP contribution in [0.2, 0.25) is 0 Å². The maximum Gasteiger partial charge on any atom is 0.270 e. The number of nitrogens with one attached hydrogen (secondary N) is 1. The highest BCUT2D eigenvalue weighted by molar-refractivity contribution is 5.93. The number of carbonyl (C=O) groups is 1. The van der Waals surface area contributed by atoms with Gasteiger partial charge in [-0.2, -0.15) is 0 Å². The SMILES string of the molecule is COc1ccccc1CNC(=O)c1cc(N2c3ccccc3CC2C)ccn1. The van der Waals surface area contributed by atoms with Crippen molar-refractivity contribution >= 4 is 17.3 Å². The third kappa shape index (κ3) is 3.43. The van der Waals surface area contributed by atoms with Gasteiger partial charge >= 0.3 is 0 Å². The standard InChI is InChI=1S/C23H23N3O2/c1-16-13-17-7-3-5-9-21(17)26(16)19-11-12-24-20(14-19)23(27)25-15-18-8-4-6-10-22(18)28-2/h3-12,14,16H,13,15H2,1-2H3,(H,25,27). The van der Waals surface area contributed by atoms with E-state index in [1.165, 1.54) is 11.3 Å². The van der Waals surface area contributed by atoms with Crippen molar-refractivity contribution in [2.24, 2.45) is 0 Å². The zero-order valence-electron chi connectivity index (χ0n) is 16.1. The lowest BCUT2D eigenvalue weighted by atomic mass is 10.1. The van der Waals surface area contributed by atoms with Gasteiger partial charge < -0.3 is 15.0 Å². The summed E-state index contributed by atoms with van der Waals surface area (Å²) in [6.07, 6.45) is 2.69. The quantitative estimate of drug-likeness (QED) is 0.731. The minimum Gasteiger partial charge on any atom is -0.496 e. The minimum atomic E-state index is -0.201. The van der Waals surface area contributed by atoms with E-state index in [4.69, 9.17) is 4.74 Å². The van der Waals surface area contributed by atoms with E-state index in [0.29, 0.717) is 18.3 Å². The Morgan fingerprint density at radius 3 is 2.82 bits per heavy atom. The number of pyridine rings is 1. The molecule has 2 aromatic carbocycles. The summed E-state index contributed by atoms with van der Waals surface area (Å²) in [7, 11) is 1.63. The van der Waals surface area contributed by atoms with Crippen LogP contribution in [0.5, 0.6) is 5.75 Å². The van der Waals surface area contributed by atoms with Gasteiger partial charge in [0.2, 0.25) is 0 Å². The van der Waals surface area contributed by atoms with Gasteiger partial charge in [0.05, 0.1) is 7.11 Å². The summed E-state index contributed by atoms with van der Waals surface area (Å²) in [5.41, 5.74) is 4.84. The number of nitrogens with zero attached hydrogens (tertiary/aromatic N) is 2. The van der Waals surface area contributed by atoms with Crippen molar-refractivity contribution in [1.29, 1.82) is 0 Å². The smallest absolute Gasteiger partial charge is 0.270 e. The van der Waals surface area contributed by atoms with Gasteiger partial charge in [-0.3, -0.25) is 9.78 Å². The van der Waals surface area contributed by atoms with Crippen LogP contribution in [-0.2, 0) is 13.0 Å². The molecule has 28 heavy (non-hydrogen) atoms. The van der Waals surface area contributed by atoms with E-state index in [2.05, 4.69) is 40.3 Å². The van der Waals surface area contributed by atoms with Crippen molar-refractivity contribution in [2.75, 3.05) is 12.0 Å². The highest BCUT2D eigenvalue weighted by Gasteiger charge is 2.27. The molecule has 1 unspecified atom stereocenters. The van der Waals surface area contributed by atoms with Crippen molar-refractivity contribution in [1.82, 2.24) is 10.3 Å². The molecule has 1 atom stereocenters. The molecule has 0 saturated heterocycles. The summed E-state index contributed by atoms with van der Waals surface area (Å²) in [5.74, 6) is 0.555. The van der Waals surface area contributed by atoms with E-state index in [0.717, 1.165) is 23.4 Å². The van der Waals surface area contributed by atoms with Gasteiger partial charge in [-0.25, -0.2) is 0 Å².